The summed E-state index contributed by atoms with van der Waals surface area (Å²) in [6.45, 7) is 0.328. The molecule has 1 aromatic carbocycles. The number of pyridine rings is 3. The van der Waals surface area contributed by atoms with E-state index in [0.717, 1.165) is 11.5 Å². The Hall–Kier alpha value is -4.21. The fourth-order valence-electron chi connectivity index (χ4n) is 5.78. The molecule has 1 saturated heterocycles. The molecule has 1 fully saturated rings. The van der Waals surface area contributed by atoms with Gasteiger partial charge in [-0.3, -0.25) is 9.78 Å². The van der Waals surface area contributed by atoms with E-state index in [9.17, 15) is 26.4 Å². The normalized spacial score (nSPS) is 22.2. The van der Waals surface area contributed by atoms with Crippen LogP contribution in [0.4, 0.5) is 30.5 Å². The number of benzene rings is 1. The molecule has 3 aliphatic heterocycles. The molecule has 0 bridgehead atoms. The minimum absolute atomic E-state index is 0.0128. The summed E-state index contributed by atoms with van der Waals surface area (Å²) in [4.78, 5) is 30.1. The van der Waals surface area contributed by atoms with E-state index in [1.54, 1.807) is 29.4 Å². The first-order valence-electron chi connectivity index (χ1n) is 14.8. The Kier molecular flexibility index (Phi) is 8.30. The Labute approximate surface area is 272 Å². The van der Waals surface area contributed by atoms with E-state index in [0.29, 0.717) is 54.0 Å². The molecular weight excluding hydrogens is 661 g/mol. The topological polar surface area (TPSA) is 127 Å². The number of piperidine rings is 1. The Morgan fingerprint density at radius 3 is 2.74 bits per heavy atom. The lowest BCUT2D eigenvalue weighted by Crippen LogP contribution is -2.43. The number of carbonyl (C=O) groups excluding carboxylic acids is 1. The molecule has 47 heavy (non-hydrogen) atoms. The first-order chi connectivity index (χ1) is 22.6. The van der Waals surface area contributed by atoms with E-state index < -0.39 is 40.2 Å². The Balaban J connectivity index is 1.09. The number of nitrogens with one attached hydrogen (secondary N) is 1. The van der Waals surface area contributed by atoms with Crippen molar-refractivity contribution in [1.82, 2.24) is 20.3 Å². The molecule has 0 radical (unpaired) electrons. The van der Waals surface area contributed by atoms with Crippen LogP contribution in [-0.4, -0.2) is 80.0 Å². The van der Waals surface area contributed by atoms with Crippen LogP contribution in [0, 0.1) is 0 Å². The number of rotatable bonds is 5. The number of hydrogen-bond donors (Lipinski definition) is 1. The van der Waals surface area contributed by atoms with Crippen LogP contribution in [0.3, 0.4) is 0 Å². The lowest BCUT2D eigenvalue weighted by atomic mass is 10.1. The molecule has 11 nitrogen and oxygen atoms in total. The van der Waals surface area contributed by atoms with E-state index >= 15 is 0 Å². The SMILES string of the molecule is O=C(NCc1cc2nc(N3CCOc4cc(N5CC[C@H](F)[C@@H](F)C5)cnc43)ccc2cn1)c1cc(Cl)c2c(c1)S(=O)(=O)[C@@H](F)COC2. The number of sulfone groups is 1. The summed E-state index contributed by atoms with van der Waals surface area (Å²) in [5.74, 6) is 1.02. The van der Waals surface area contributed by atoms with Gasteiger partial charge in [0.15, 0.2) is 11.6 Å². The van der Waals surface area contributed by atoms with Gasteiger partial charge in [-0.05, 0) is 36.8 Å². The predicted molar refractivity (Wildman–Crippen MR) is 167 cm³/mol. The van der Waals surface area contributed by atoms with Gasteiger partial charge in [-0.15, -0.1) is 0 Å². The zero-order valence-electron chi connectivity index (χ0n) is 24.7. The highest BCUT2D eigenvalue weighted by Crippen LogP contribution is 2.38. The second-order valence-corrected chi connectivity index (χ2v) is 13.9. The maximum atomic E-state index is 14.3. The maximum Gasteiger partial charge on any atom is 0.251 e. The number of ether oxygens (including phenoxy) is 2. The molecule has 0 aliphatic carbocycles. The summed E-state index contributed by atoms with van der Waals surface area (Å²) in [6, 6.07) is 9.61. The van der Waals surface area contributed by atoms with Crippen molar-refractivity contribution in [2.24, 2.45) is 0 Å². The van der Waals surface area contributed by atoms with Gasteiger partial charge in [0.25, 0.3) is 5.91 Å². The summed E-state index contributed by atoms with van der Waals surface area (Å²) < 4.78 is 78.3. The monoisotopic (exact) mass is 688 g/mol. The number of anilines is 3. The third-order valence-corrected chi connectivity index (χ3v) is 10.5. The molecular formula is C31H28ClF3N6O5S. The molecule has 7 rings (SSSR count). The highest BCUT2D eigenvalue weighted by molar-refractivity contribution is 7.92. The van der Waals surface area contributed by atoms with Crippen molar-refractivity contribution in [3.63, 3.8) is 0 Å². The molecule has 1 amide bonds. The molecule has 1 N–H and O–H groups in total. The van der Waals surface area contributed by atoms with Gasteiger partial charge in [-0.25, -0.2) is 31.6 Å². The number of carbonyl (C=O) groups is 1. The molecule has 0 saturated carbocycles. The Bertz CT molecular complexity index is 1990. The van der Waals surface area contributed by atoms with E-state index in [4.69, 9.17) is 26.1 Å². The average Bonchev–Trinajstić information content (AvgIpc) is 3.18. The largest absolute Gasteiger partial charge is 0.488 e. The van der Waals surface area contributed by atoms with Crippen LogP contribution in [0.5, 0.6) is 5.75 Å². The van der Waals surface area contributed by atoms with Gasteiger partial charge >= 0.3 is 0 Å². The fourth-order valence-corrected chi connectivity index (χ4v) is 7.46. The van der Waals surface area contributed by atoms with Crippen LogP contribution in [0.15, 0.2) is 53.7 Å². The zero-order valence-corrected chi connectivity index (χ0v) is 26.3. The minimum Gasteiger partial charge on any atom is -0.488 e. The number of fused-ring (bicyclic) bond motifs is 3. The Morgan fingerprint density at radius 1 is 1.06 bits per heavy atom. The Morgan fingerprint density at radius 2 is 1.91 bits per heavy atom. The number of aromatic nitrogens is 3. The van der Waals surface area contributed by atoms with Crippen molar-refractivity contribution in [3.05, 3.63) is 70.6 Å². The van der Waals surface area contributed by atoms with Gasteiger partial charge in [0.2, 0.25) is 15.3 Å². The van der Waals surface area contributed by atoms with Gasteiger partial charge in [-0.1, -0.05) is 11.6 Å². The highest BCUT2D eigenvalue weighted by Gasteiger charge is 2.35. The lowest BCUT2D eigenvalue weighted by molar-refractivity contribution is 0.0947. The van der Waals surface area contributed by atoms with Gasteiger partial charge in [0, 0.05) is 40.3 Å². The van der Waals surface area contributed by atoms with Gasteiger partial charge < -0.3 is 24.6 Å². The predicted octanol–water partition coefficient (Wildman–Crippen LogP) is 4.62. The number of nitrogens with zero attached hydrogens (tertiary/aromatic N) is 5. The summed E-state index contributed by atoms with van der Waals surface area (Å²) in [5.41, 5.74) is -0.482. The summed E-state index contributed by atoms with van der Waals surface area (Å²) in [5, 5.41) is 3.44. The third-order valence-electron chi connectivity index (χ3n) is 8.35. The van der Waals surface area contributed by atoms with Crippen LogP contribution in [-0.2, 0) is 27.7 Å². The summed E-state index contributed by atoms with van der Waals surface area (Å²) in [6.07, 6.45) is 0.330. The summed E-state index contributed by atoms with van der Waals surface area (Å²) >= 11 is 6.27. The van der Waals surface area contributed by atoms with Gasteiger partial charge in [0.05, 0.1) is 60.8 Å². The quantitative estimate of drug-likeness (QED) is 0.317. The van der Waals surface area contributed by atoms with E-state index in [1.165, 1.54) is 6.07 Å². The second kappa shape index (κ2) is 12.4. The molecule has 3 atom stereocenters. The molecule has 0 unspecified atom stereocenters. The molecule has 4 aromatic rings. The summed E-state index contributed by atoms with van der Waals surface area (Å²) in [7, 11) is -4.39. The first kappa shape index (κ1) is 31.4. The van der Waals surface area contributed by atoms with E-state index in [-0.39, 0.29) is 47.2 Å². The van der Waals surface area contributed by atoms with Crippen molar-refractivity contribution < 1.29 is 35.9 Å². The van der Waals surface area contributed by atoms with E-state index in [1.807, 2.05) is 17.0 Å². The smallest absolute Gasteiger partial charge is 0.251 e. The van der Waals surface area contributed by atoms with Crippen molar-refractivity contribution in [2.45, 2.75) is 42.3 Å². The molecule has 3 aliphatic rings. The van der Waals surface area contributed by atoms with Crippen molar-refractivity contribution in [1.29, 1.82) is 0 Å². The third kappa shape index (κ3) is 6.03. The number of amides is 1. The zero-order chi connectivity index (χ0) is 32.9. The average molecular weight is 689 g/mol. The van der Waals surface area contributed by atoms with Crippen LogP contribution in [0.1, 0.15) is 28.0 Å². The highest BCUT2D eigenvalue weighted by atomic mass is 35.5. The van der Waals surface area contributed by atoms with Crippen LogP contribution in [0.2, 0.25) is 5.02 Å². The molecule has 16 heteroatoms. The van der Waals surface area contributed by atoms with E-state index in [2.05, 4.69) is 15.3 Å². The lowest BCUT2D eigenvalue weighted by Gasteiger charge is -2.34. The maximum absolute atomic E-state index is 14.3. The number of halogens is 4. The van der Waals surface area contributed by atoms with Crippen LogP contribution >= 0.6 is 11.6 Å². The van der Waals surface area contributed by atoms with Crippen molar-refractivity contribution >= 4 is 55.6 Å². The van der Waals surface area contributed by atoms with Crippen LogP contribution < -0.4 is 19.9 Å². The van der Waals surface area contributed by atoms with Gasteiger partial charge in [-0.2, -0.15) is 0 Å². The second-order valence-electron chi connectivity index (χ2n) is 11.4. The van der Waals surface area contributed by atoms with Crippen molar-refractivity contribution in [2.75, 3.05) is 42.6 Å². The molecule has 6 heterocycles. The van der Waals surface area contributed by atoms with Crippen molar-refractivity contribution in [3.8, 4) is 5.75 Å². The molecule has 246 valence electrons. The van der Waals surface area contributed by atoms with Gasteiger partial charge in [0.1, 0.15) is 24.8 Å². The standard InChI is InChI=1S/C31H28ClF3N6O5S/c32-22-7-18(8-27-21(22)15-45-16-28(35)47(27,43)44)31(42)38-12-19-9-25-17(11-36-19)1-2-29(39-25)41-5-6-46-26-10-20(13-37-30(26)41)40-4-3-23(33)24(34)14-40/h1-2,7-11,13,23-24,28H,3-6,12,14-16H2,(H,38,42)/t23-,24-,28+/m0/s1. The first-order valence-corrected chi connectivity index (χ1v) is 16.8. The minimum atomic E-state index is -4.39. The fraction of sp³-hybridized carbons (Fsp3) is 0.355. The number of hydrogen-bond acceptors (Lipinski definition) is 10. The number of alkyl halides is 3. The van der Waals surface area contributed by atoms with Crippen LogP contribution in [0.25, 0.3) is 10.9 Å². The molecule has 0 spiro atoms. The molecule has 3 aromatic heterocycles.